The lowest BCUT2D eigenvalue weighted by Gasteiger charge is -2.13. The van der Waals surface area contributed by atoms with Crippen molar-refractivity contribution in [2.45, 2.75) is 26.2 Å². The summed E-state index contributed by atoms with van der Waals surface area (Å²) in [4.78, 5) is 0. The molecule has 0 aliphatic heterocycles. The summed E-state index contributed by atoms with van der Waals surface area (Å²) in [6, 6.07) is 6.44. The number of methoxy groups -OCH3 is 1. The van der Waals surface area contributed by atoms with E-state index in [1.165, 1.54) is 11.1 Å². The van der Waals surface area contributed by atoms with Gasteiger partial charge in [-0.1, -0.05) is 26.0 Å². The van der Waals surface area contributed by atoms with Crippen molar-refractivity contribution < 1.29 is 4.74 Å². The zero-order chi connectivity index (χ0) is 12.7. The molecule has 1 aromatic rings. The highest BCUT2D eigenvalue weighted by Crippen LogP contribution is 2.27. The highest BCUT2D eigenvalue weighted by Gasteiger charge is 2.07. The van der Waals surface area contributed by atoms with Gasteiger partial charge in [-0.3, -0.25) is 0 Å². The first kappa shape index (κ1) is 14.0. The van der Waals surface area contributed by atoms with Gasteiger partial charge in [0.2, 0.25) is 0 Å². The zero-order valence-electron chi connectivity index (χ0n) is 11.1. The molecule has 0 saturated carbocycles. The largest absolute Gasteiger partial charge is 0.496 e. The van der Waals surface area contributed by atoms with Crippen LogP contribution in [0.2, 0.25) is 0 Å². The standard InChI is InChI=1S/C14H24N2O/c1-11(2)13-10-12(4-5-14(13)17-3)6-8-16-9-7-15/h4-5,10-11,16H,6-9,15H2,1-3H3. The second kappa shape index (κ2) is 7.30. The molecule has 96 valence electrons. The molecular formula is C14H24N2O. The van der Waals surface area contributed by atoms with Crippen LogP contribution in [0.15, 0.2) is 18.2 Å². The van der Waals surface area contributed by atoms with E-state index in [4.69, 9.17) is 10.5 Å². The van der Waals surface area contributed by atoms with Crippen molar-refractivity contribution in [2.24, 2.45) is 5.73 Å². The third-order valence-corrected chi connectivity index (χ3v) is 2.83. The van der Waals surface area contributed by atoms with Gasteiger partial charge in [0, 0.05) is 13.1 Å². The Morgan fingerprint density at radius 3 is 2.65 bits per heavy atom. The van der Waals surface area contributed by atoms with Crippen LogP contribution in [-0.4, -0.2) is 26.7 Å². The number of benzene rings is 1. The highest BCUT2D eigenvalue weighted by molar-refractivity contribution is 5.39. The summed E-state index contributed by atoms with van der Waals surface area (Å²) in [7, 11) is 1.73. The lowest BCUT2D eigenvalue weighted by molar-refractivity contribution is 0.407. The first-order valence-electron chi connectivity index (χ1n) is 6.26. The molecular weight excluding hydrogens is 212 g/mol. The van der Waals surface area contributed by atoms with E-state index in [0.717, 1.165) is 25.3 Å². The average Bonchev–Trinajstić information content (AvgIpc) is 2.34. The third kappa shape index (κ3) is 4.36. The molecule has 1 aromatic carbocycles. The predicted octanol–water partition coefficient (Wildman–Crippen LogP) is 1.91. The Hall–Kier alpha value is -1.06. The topological polar surface area (TPSA) is 47.3 Å². The number of hydrogen-bond acceptors (Lipinski definition) is 3. The third-order valence-electron chi connectivity index (χ3n) is 2.83. The van der Waals surface area contributed by atoms with E-state index in [0.29, 0.717) is 12.5 Å². The van der Waals surface area contributed by atoms with E-state index in [1.807, 2.05) is 0 Å². The Kier molecular flexibility index (Phi) is 6.01. The second-order valence-electron chi connectivity index (χ2n) is 4.52. The maximum Gasteiger partial charge on any atom is 0.122 e. The Balaban J connectivity index is 2.64. The van der Waals surface area contributed by atoms with E-state index in [1.54, 1.807) is 7.11 Å². The molecule has 0 fully saturated rings. The van der Waals surface area contributed by atoms with Gasteiger partial charge in [0.25, 0.3) is 0 Å². The molecule has 0 heterocycles. The lowest BCUT2D eigenvalue weighted by atomic mass is 9.98. The van der Waals surface area contributed by atoms with E-state index in [-0.39, 0.29) is 0 Å². The van der Waals surface area contributed by atoms with Crippen LogP contribution in [0.4, 0.5) is 0 Å². The number of nitrogens with two attached hydrogens (primary N) is 1. The minimum atomic E-state index is 0.488. The molecule has 17 heavy (non-hydrogen) atoms. The molecule has 0 spiro atoms. The summed E-state index contributed by atoms with van der Waals surface area (Å²) in [5, 5.41) is 3.30. The van der Waals surface area contributed by atoms with Gasteiger partial charge in [0.05, 0.1) is 7.11 Å². The van der Waals surface area contributed by atoms with E-state index < -0.39 is 0 Å². The van der Waals surface area contributed by atoms with Crippen molar-refractivity contribution in [3.05, 3.63) is 29.3 Å². The first-order valence-corrected chi connectivity index (χ1v) is 6.26. The summed E-state index contributed by atoms with van der Waals surface area (Å²) in [5.74, 6) is 1.47. The average molecular weight is 236 g/mol. The minimum Gasteiger partial charge on any atom is -0.496 e. The molecule has 3 N–H and O–H groups in total. The van der Waals surface area contributed by atoms with Crippen LogP contribution < -0.4 is 15.8 Å². The van der Waals surface area contributed by atoms with Gasteiger partial charge in [0.1, 0.15) is 5.75 Å². The van der Waals surface area contributed by atoms with Crippen molar-refractivity contribution in [2.75, 3.05) is 26.7 Å². The van der Waals surface area contributed by atoms with Crippen LogP contribution in [-0.2, 0) is 6.42 Å². The van der Waals surface area contributed by atoms with Gasteiger partial charge in [-0.05, 0) is 36.1 Å². The fourth-order valence-electron chi connectivity index (χ4n) is 1.85. The lowest BCUT2D eigenvalue weighted by Crippen LogP contribution is -2.24. The van der Waals surface area contributed by atoms with Crippen molar-refractivity contribution in [1.29, 1.82) is 0 Å². The maximum absolute atomic E-state index is 5.43. The summed E-state index contributed by atoms with van der Waals surface area (Å²) in [6.07, 6.45) is 1.03. The zero-order valence-corrected chi connectivity index (χ0v) is 11.1. The van der Waals surface area contributed by atoms with Gasteiger partial charge in [-0.15, -0.1) is 0 Å². The van der Waals surface area contributed by atoms with Gasteiger partial charge in [0.15, 0.2) is 0 Å². The molecule has 0 aliphatic carbocycles. The fraction of sp³-hybridized carbons (Fsp3) is 0.571. The van der Waals surface area contributed by atoms with Crippen LogP contribution >= 0.6 is 0 Å². The number of hydrogen-bond donors (Lipinski definition) is 2. The first-order chi connectivity index (χ1) is 8.19. The number of ether oxygens (including phenoxy) is 1. The second-order valence-corrected chi connectivity index (χ2v) is 4.52. The molecule has 0 atom stereocenters. The molecule has 0 unspecified atom stereocenters. The monoisotopic (exact) mass is 236 g/mol. The Labute approximate surface area is 104 Å². The smallest absolute Gasteiger partial charge is 0.122 e. The molecule has 3 nitrogen and oxygen atoms in total. The minimum absolute atomic E-state index is 0.488. The van der Waals surface area contributed by atoms with Crippen molar-refractivity contribution in [3.63, 3.8) is 0 Å². The van der Waals surface area contributed by atoms with Crippen molar-refractivity contribution in [3.8, 4) is 5.75 Å². The van der Waals surface area contributed by atoms with Gasteiger partial charge in [-0.2, -0.15) is 0 Å². The quantitative estimate of drug-likeness (QED) is 0.711. The molecule has 0 radical (unpaired) electrons. The summed E-state index contributed by atoms with van der Waals surface area (Å²) < 4.78 is 5.37. The SMILES string of the molecule is COc1ccc(CCNCCN)cc1C(C)C. The van der Waals surface area contributed by atoms with Crippen LogP contribution in [0, 0.1) is 0 Å². The van der Waals surface area contributed by atoms with Gasteiger partial charge >= 0.3 is 0 Å². The summed E-state index contributed by atoms with van der Waals surface area (Å²) in [6.45, 7) is 6.93. The number of rotatable bonds is 7. The fourth-order valence-corrected chi connectivity index (χ4v) is 1.85. The predicted molar refractivity (Wildman–Crippen MR) is 72.7 cm³/mol. The molecule has 0 aromatic heterocycles. The van der Waals surface area contributed by atoms with Crippen molar-refractivity contribution >= 4 is 0 Å². The van der Waals surface area contributed by atoms with Crippen LogP contribution in [0.3, 0.4) is 0 Å². The molecule has 3 heteroatoms. The van der Waals surface area contributed by atoms with E-state index in [9.17, 15) is 0 Å². The van der Waals surface area contributed by atoms with Crippen LogP contribution in [0.25, 0.3) is 0 Å². The van der Waals surface area contributed by atoms with Crippen LogP contribution in [0.5, 0.6) is 5.75 Å². The molecule has 0 amide bonds. The van der Waals surface area contributed by atoms with Gasteiger partial charge < -0.3 is 15.8 Å². The Bertz CT molecular complexity index is 337. The maximum atomic E-state index is 5.43. The number of nitrogens with one attached hydrogen (secondary N) is 1. The normalized spacial score (nSPS) is 10.9. The molecule has 0 saturated heterocycles. The molecule has 1 rings (SSSR count). The van der Waals surface area contributed by atoms with E-state index in [2.05, 4.69) is 37.4 Å². The van der Waals surface area contributed by atoms with Crippen LogP contribution in [0.1, 0.15) is 30.9 Å². The summed E-state index contributed by atoms with van der Waals surface area (Å²) >= 11 is 0. The van der Waals surface area contributed by atoms with Gasteiger partial charge in [-0.25, -0.2) is 0 Å². The Morgan fingerprint density at radius 1 is 1.29 bits per heavy atom. The highest BCUT2D eigenvalue weighted by atomic mass is 16.5. The Morgan fingerprint density at radius 2 is 2.06 bits per heavy atom. The molecule has 0 bridgehead atoms. The summed E-state index contributed by atoms with van der Waals surface area (Å²) in [5.41, 5.74) is 8.06. The molecule has 0 aliphatic rings. The van der Waals surface area contributed by atoms with E-state index >= 15 is 0 Å². The van der Waals surface area contributed by atoms with Crippen molar-refractivity contribution in [1.82, 2.24) is 5.32 Å².